The van der Waals surface area contributed by atoms with Crippen LogP contribution in [-0.2, 0) is 6.54 Å². The molecule has 3 heterocycles. The molecule has 7 heteroatoms. The summed E-state index contributed by atoms with van der Waals surface area (Å²) in [6, 6.07) is 11.1. The van der Waals surface area contributed by atoms with Crippen molar-refractivity contribution in [1.82, 2.24) is 9.80 Å². The summed E-state index contributed by atoms with van der Waals surface area (Å²) in [4.78, 5) is 13.2. The number of hydrogen-bond donors (Lipinski definition) is 1. The number of halogens is 1. The van der Waals surface area contributed by atoms with Gasteiger partial charge in [0.05, 0.1) is 0 Å². The van der Waals surface area contributed by atoms with Crippen LogP contribution < -0.4 is 10.6 Å². The van der Waals surface area contributed by atoms with Crippen LogP contribution in [0.4, 0.5) is 10.1 Å². The second-order valence-electron chi connectivity index (χ2n) is 7.97. The highest BCUT2D eigenvalue weighted by molar-refractivity contribution is 7.09. The molecule has 29 heavy (non-hydrogen) atoms. The fraction of sp³-hybridized carbons (Fsp3) is 0.500. The highest BCUT2D eigenvalue weighted by Crippen LogP contribution is 2.21. The molecule has 0 saturated carbocycles. The van der Waals surface area contributed by atoms with Gasteiger partial charge in [0, 0.05) is 56.4 Å². The number of rotatable bonds is 5. The molecule has 2 aliphatic rings. The van der Waals surface area contributed by atoms with Crippen LogP contribution in [0.2, 0.25) is 0 Å². The number of guanidine groups is 1. The first-order valence-electron chi connectivity index (χ1n) is 10.5. The third-order valence-corrected chi connectivity index (χ3v) is 6.73. The summed E-state index contributed by atoms with van der Waals surface area (Å²) in [6.07, 6.45) is 2.47. The molecule has 4 rings (SSSR count). The first kappa shape index (κ1) is 20.2. The lowest BCUT2D eigenvalue weighted by atomic mass is 9.98. The number of likely N-dealkylation sites (tertiary alicyclic amines) is 1. The molecule has 2 aromatic rings. The van der Waals surface area contributed by atoms with Crippen LogP contribution in [-0.4, -0.2) is 61.6 Å². The van der Waals surface area contributed by atoms with E-state index >= 15 is 0 Å². The number of piperidine rings is 1. The molecule has 1 unspecified atom stereocenters. The molecule has 2 fully saturated rings. The average Bonchev–Trinajstić information content (AvgIpc) is 3.26. The predicted molar refractivity (Wildman–Crippen MR) is 119 cm³/mol. The summed E-state index contributed by atoms with van der Waals surface area (Å²) >= 11 is 1.84. The van der Waals surface area contributed by atoms with Crippen molar-refractivity contribution in [1.29, 1.82) is 0 Å². The molecule has 0 aliphatic carbocycles. The molecule has 0 bridgehead atoms. The van der Waals surface area contributed by atoms with Crippen molar-refractivity contribution >= 4 is 23.0 Å². The Morgan fingerprint density at radius 3 is 2.62 bits per heavy atom. The van der Waals surface area contributed by atoms with E-state index < -0.39 is 0 Å². The zero-order chi connectivity index (χ0) is 20.1. The van der Waals surface area contributed by atoms with Crippen molar-refractivity contribution in [2.75, 3.05) is 50.7 Å². The summed E-state index contributed by atoms with van der Waals surface area (Å²) in [5, 5.41) is 2.15. The minimum absolute atomic E-state index is 0.194. The number of thiophene rings is 1. The highest BCUT2D eigenvalue weighted by atomic mass is 32.1. The van der Waals surface area contributed by atoms with Crippen molar-refractivity contribution in [3.05, 3.63) is 52.5 Å². The SMILES string of the molecule is NC(=NCC1CCCN(Cc2cccs2)C1)N1CCN(c2ccc(F)cc2)CC1. The van der Waals surface area contributed by atoms with Crippen LogP contribution in [0.15, 0.2) is 46.8 Å². The fourth-order valence-electron chi connectivity index (χ4n) is 4.24. The molecule has 0 radical (unpaired) electrons. The Bertz CT molecular complexity index is 784. The minimum Gasteiger partial charge on any atom is -0.370 e. The van der Waals surface area contributed by atoms with Gasteiger partial charge in [-0.2, -0.15) is 0 Å². The van der Waals surface area contributed by atoms with E-state index in [9.17, 15) is 4.39 Å². The molecular formula is C22H30FN5S. The van der Waals surface area contributed by atoms with E-state index in [-0.39, 0.29) is 5.82 Å². The lowest BCUT2D eigenvalue weighted by molar-refractivity contribution is 0.172. The third kappa shape index (κ3) is 5.48. The van der Waals surface area contributed by atoms with Gasteiger partial charge in [0.2, 0.25) is 0 Å². The normalized spacial score (nSPS) is 21.6. The molecule has 156 valence electrons. The lowest BCUT2D eigenvalue weighted by Gasteiger charge is -2.37. The molecule has 2 aliphatic heterocycles. The van der Waals surface area contributed by atoms with Gasteiger partial charge in [-0.15, -0.1) is 11.3 Å². The summed E-state index contributed by atoms with van der Waals surface area (Å²) in [6.45, 7) is 7.60. The van der Waals surface area contributed by atoms with Crippen LogP contribution in [0.5, 0.6) is 0 Å². The predicted octanol–water partition coefficient (Wildman–Crippen LogP) is 3.24. The first-order chi connectivity index (χ1) is 14.2. The van der Waals surface area contributed by atoms with Crippen LogP contribution >= 0.6 is 11.3 Å². The van der Waals surface area contributed by atoms with E-state index in [1.165, 1.54) is 36.4 Å². The monoisotopic (exact) mass is 415 g/mol. The maximum Gasteiger partial charge on any atom is 0.191 e. The molecule has 1 atom stereocenters. The summed E-state index contributed by atoms with van der Waals surface area (Å²) < 4.78 is 13.1. The molecule has 1 aromatic heterocycles. The van der Waals surface area contributed by atoms with Gasteiger partial charge < -0.3 is 15.5 Å². The van der Waals surface area contributed by atoms with Gasteiger partial charge in [0.25, 0.3) is 0 Å². The largest absolute Gasteiger partial charge is 0.370 e. The average molecular weight is 416 g/mol. The zero-order valence-electron chi connectivity index (χ0n) is 16.8. The summed E-state index contributed by atoms with van der Waals surface area (Å²) in [5.74, 6) is 1.06. The van der Waals surface area contributed by atoms with Gasteiger partial charge in [-0.3, -0.25) is 9.89 Å². The van der Waals surface area contributed by atoms with Crippen molar-refractivity contribution in [2.24, 2.45) is 16.6 Å². The second kappa shape index (κ2) is 9.59. The van der Waals surface area contributed by atoms with Gasteiger partial charge in [-0.05, 0) is 61.0 Å². The number of piperazine rings is 1. The molecule has 0 spiro atoms. The Kier molecular flexibility index (Phi) is 6.67. The van der Waals surface area contributed by atoms with Crippen molar-refractivity contribution in [3.63, 3.8) is 0 Å². The van der Waals surface area contributed by atoms with Crippen LogP contribution in [0, 0.1) is 11.7 Å². The smallest absolute Gasteiger partial charge is 0.191 e. The number of hydrogen-bond acceptors (Lipinski definition) is 4. The Labute approximate surface area is 176 Å². The maximum absolute atomic E-state index is 13.1. The minimum atomic E-state index is -0.194. The van der Waals surface area contributed by atoms with Gasteiger partial charge in [-0.25, -0.2) is 4.39 Å². The second-order valence-corrected chi connectivity index (χ2v) is 9.00. The molecule has 2 N–H and O–H groups in total. The Morgan fingerprint density at radius 1 is 1.10 bits per heavy atom. The Morgan fingerprint density at radius 2 is 1.90 bits per heavy atom. The number of aliphatic imine (C=N–C) groups is 1. The van der Waals surface area contributed by atoms with Crippen molar-refractivity contribution in [3.8, 4) is 0 Å². The summed E-state index contributed by atoms with van der Waals surface area (Å²) in [5.41, 5.74) is 7.37. The van der Waals surface area contributed by atoms with E-state index in [4.69, 9.17) is 10.7 Å². The van der Waals surface area contributed by atoms with Crippen LogP contribution in [0.3, 0.4) is 0 Å². The molecule has 0 amide bonds. The topological polar surface area (TPSA) is 48.1 Å². The highest BCUT2D eigenvalue weighted by Gasteiger charge is 2.22. The van der Waals surface area contributed by atoms with Crippen LogP contribution in [0.25, 0.3) is 0 Å². The zero-order valence-corrected chi connectivity index (χ0v) is 17.7. The summed E-state index contributed by atoms with van der Waals surface area (Å²) in [7, 11) is 0. The lowest BCUT2D eigenvalue weighted by Crippen LogP contribution is -2.51. The van der Waals surface area contributed by atoms with E-state index in [0.29, 0.717) is 11.9 Å². The molecular weight excluding hydrogens is 385 g/mol. The van der Waals surface area contributed by atoms with E-state index in [1.54, 1.807) is 0 Å². The number of anilines is 1. The molecule has 2 saturated heterocycles. The number of nitrogens with two attached hydrogens (primary N) is 1. The fourth-order valence-corrected chi connectivity index (χ4v) is 4.98. The standard InChI is InChI=1S/C22H30FN5S/c23-19-5-7-20(8-6-19)27-10-12-28(13-11-27)22(24)25-15-18-3-1-9-26(16-18)17-21-4-2-14-29-21/h2,4-8,14,18H,1,3,9-13,15-17H2,(H2,24,25). The van der Waals surface area contributed by atoms with E-state index in [0.717, 1.165) is 51.5 Å². The van der Waals surface area contributed by atoms with Gasteiger partial charge in [0.15, 0.2) is 5.96 Å². The van der Waals surface area contributed by atoms with Gasteiger partial charge in [-0.1, -0.05) is 6.07 Å². The molecule has 1 aromatic carbocycles. The Balaban J connectivity index is 1.24. The van der Waals surface area contributed by atoms with Crippen molar-refractivity contribution < 1.29 is 4.39 Å². The number of benzene rings is 1. The van der Waals surface area contributed by atoms with Crippen molar-refractivity contribution in [2.45, 2.75) is 19.4 Å². The maximum atomic E-state index is 13.1. The van der Waals surface area contributed by atoms with Crippen LogP contribution in [0.1, 0.15) is 17.7 Å². The van der Waals surface area contributed by atoms with Gasteiger partial charge >= 0.3 is 0 Å². The quantitative estimate of drug-likeness (QED) is 0.602. The van der Waals surface area contributed by atoms with E-state index in [1.807, 2.05) is 23.5 Å². The number of nitrogens with zero attached hydrogens (tertiary/aromatic N) is 4. The van der Waals surface area contributed by atoms with Gasteiger partial charge in [0.1, 0.15) is 5.82 Å². The third-order valence-electron chi connectivity index (χ3n) is 5.87. The first-order valence-corrected chi connectivity index (χ1v) is 11.4. The Hall–Kier alpha value is -2.12. The van der Waals surface area contributed by atoms with E-state index in [2.05, 4.69) is 32.2 Å². The molecule has 5 nitrogen and oxygen atoms in total.